The van der Waals surface area contributed by atoms with Crippen LogP contribution in [0, 0.1) is 6.92 Å². The molecule has 0 fully saturated rings. The van der Waals surface area contributed by atoms with Crippen LogP contribution in [-0.4, -0.2) is 40.8 Å². The van der Waals surface area contributed by atoms with Gasteiger partial charge in [-0.25, -0.2) is 0 Å². The van der Waals surface area contributed by atoms with Gasteiger partial charge in [-0.3, -0.25) is 4.79 Å². The van der Waals surface area contributed by atoms with E-state index in [0.29, 0.717) is 36.0 Å². The number of methoxy groups -OCH3 is 3. The molecule has 2 aromatic carbocycles. The molecule has 0 aliphatic carbocycles. The molecule has 0 saturated carbocycles. The third-order valence-electron chi connectivity index (χ3n) is 4.05. The molecule has 0 aliphatic heterocycles. The molecule has 2 aromatic rings. The molecule has 0 heterocycles. The van der Waals surface area contributed by atoms with Crippen molar-refractivity contribution in [2.45, 2.75) is 13.5 Å². The molecule has 6 nitrogen and oxygen atoms in total. The molecule has 0 bridgehead atoms. The van der Waals surface area contributed by atoms with E-state index in [1.807, 2.05) is 50.4 Å². The summed E-state index contributed by atoms with van der Waals surface area (Å²) in [5.74, 6) is 1.97. The number of rotatable bonds is 8. The second-order valence-corrected chi connectivity index (χ2v) is 6.25. The van der Waals surface area contributed by atoms with Crippen molar-refractivity contribution in [1.29, 1.82) is 0 Å². The van der Waals surface area contributed by atoms with E-state index in [2.05, 4.69) is 5.32 Å². The Labute approximate surface area is 154 Å². The summed E-state index contributed by atoms with van der Waals surface area (Å²) in [6, 6.07) is 11.5. The molecular formula is C20H27N2O4+. The van der Waals surface area contributed by atoms with Crippen LogP contribution in [0.2, 0.25) is 0 Å². The van der Waals surface area contributed by atoms with Crippen molar-refractivity contribution >= 4 is 11.6 Å². The number of likely N-dealkylation sites (N-methyl/N-ethyl adjacent to an activating group) is 1. The summed E-state index contributed by atoms with van der Waals surface area (Å²) in [7, 11) is 6.79. The average molecular weight is 359 g/mol. The molecule has 2 N–H and O–H groups in total. The number of carbonyl (C=O) groups excluding carboxylic acids is 1. The van der Waals surface area contributed by atoms with E-state index in [4.69, 9.17) is 14.2 Å². The number of hydrogen-bond donors (Lipinski definition) is 2. The van der Waals surface area contributed by atoms with Gasteiger partial charge in [0.05, 0.1) is 34.1 Å². The zero-order chi connectivity index (χ0) is 19.1. The Morgan fingerprint density at radius 2 is 1.62 bits per heavy atom. The molecule has 140 valence electrons. The predicted octanol–water partition coefficient (Wildman–Crippen LogP) is 1.67. The van der Waals surface area contributed by atoms with Gasteiger partial charge in [-0.1, -0.05) is 6.07 Å². The number of quaternary nitrogens is 1. The van der Waals surface area contributed by atoms with Crippen molar-refractivity contribution in [3.63, 3.8) is 0 Å². The van der Waals surface area contributed by atoms with Crippen LogP contribution in [0.4, 0.5) is 5.69 Å². The first-order valence-electron chi connectivity index (χ1n) is 8.43. The fourth-order valence-electron chi connectivity index (χ4n) is 2.79. The number of anilines is 1. The summed E-state index contributed by atoms with van der Waals surface area (Å²) < 4.78 is 15.9. The Morgan fingerprint density at radius 3 is 2.27 bits per heavy atom. The maximum atomic E-state index is 12.4. The zero-order valence-corrected chi connectivity index (χ0v) is 16.0. The van der Waals surface area contributed by atoms with E-state index < -0.39 is 0 Å². The Bertz CT molecular complexity index is 761. The predicted molar refractivity (Wildman–Crippen MR) is 101 cm³/mol. The van der Waals surface area contributed by atoms with Crippen molar-refractivity contribution in [1.82, 2.24) is 0 Å². The highest BCUT2D eigenvalue weighted by atomic mass is 16.5. The first-order valence-corrected chi connectivity index (χ1v) is 8.43. The van der Waals surface area contributed by atoms with Crippen molar-refractivity contribution in [3.8, 4) is 17.2 Å². The molecule has 2 rings (SSSR count). The molecule has 1 amide bonds. The number of carbonyl (C=O) groups is 1. The lowest BCUT2D eigenvalue weighted by atomic mass is 10.2. The fourth-order valence-corrected chi connectivity index (χ4v) is 2.79. The van der Waals surface area contributed by atoms with Gasteiger partial charge in [0, 0.05) is 5.56 Å². The van der Waals surface area contributed by atoms with Gasteiger partial charge in [0.2, 0.25) is 0 Å². The molecule has 1 atom stereocenters. The maximum Gasteiger partial charge on any atom is 0.279 e. The minimum Gasteiger partial charge on any atom is -0.495 e. The summed E-state index contributed by atoms with van der Waals surface area (Å²) in [6.45, 7) is 3.01. The van der Waals surface area contributed by atoms with Crippen LogP contribution in [0.1, 0.15) is 11.1 Å². The van der Waals surface area contributed by atoms with E-state index in [1.54, 1.807) is 21.3 Å². The lowest BCUT2D eigenvalue weighted by Crippen LogP contribution is -3.08. The molecule has 0 spiro atoms. The summed E-state index contributed by atoms with van der Waals surface area (Å²) in [6.07, 6.45) is 0. The summed E-state index contributed by atoms with van der Waals surface area (Å²) in [4.78, 5) is 13.4. The Hall–Kier alpha value is -2.73. The second kappa shape index (κ2) is 9.10. The van der Waals surface area contributed by atoms with Crippen molar-refractivity contribution in [2.24, 2.45) is 0 Å². The highest BCUT2D eigenvalue weighted by molar-refractivity contribution is 5.93. The quantitative estimate of drug-likeness (QED) is 0.753. The fraction of sp³-hybridized carbons (Fsp3) is 0.350. The Balaban J connectivity index is 1.98. The van der Waals surface area contributed by atoms with Gasteiger partial charge in [-0.05, 0) is 42.8 Å². The summed E-state index contributed by atoms with van der Waals surface area (Å²) in [5, 5.41) is 2.93. The van der Waals surface area contributed by atoms with Crippen molar-refractivity contribution < 1.29 is 23.9 Å². The standard InChI is InChI=1S/C20H26N2O4/c1-14-6-8-17(24-3)16(10-14)21-20(23)13-22(2)12-15-7-9-18(25-4)19(11-15)26-5/h6-11H,12-13H2,1-5H3,(H,21,23)/p+1. The Morgan fingerprint density at radius 1 is 0.962 bits per heavy atom. The van der Waals surface area contributed by atoms with E-state index in [-0.39, 0.29) is 5.91 Å². The molecule has 0 aromatic heterocycles. The van der Waals surface area contributed by atoms with Gasteiger partial charge in [-0.15, -0.1) is 0 Å². The van der Waals surface area contributed by atoms with Crippen LogP contribution in [0.15, 0.2) is 36.4 Å². The molecule has 6 heteroatoms. The number of nitrogens with one attached hydrogen (secondary N) is 2. The third-order valence-corrected chi connectivity index (χ3v) is 4.05. The minimum absolute atomic E-state index is 0.0631. The molecule has 0 saturated heterocycles. The summed E-state index contributed by atoms with van der Waals surface area (Å²) in [5.41, 5.74) is 2.82. The first kappa shape index (κ1) is 19.6. The molecule has 0 radical (unpaired) electrons. The second-order valence-electron chi connectivity index (χ2n) is 6.25. The molecular weight excluding hydrogens is 332 g/mol. The normalized spacial score (nSPS) is 11.6. The number of amides is 1. The first-order chi connectivity index (χ1) is 12.5. The summed E-state index contributed by atoms with van der Waals surface area (Å²) >= 11 is 0. The van der Waals surface area contributed by atoms with E-state index in [0.717, 1.165) is 16.0 Å². The number of aryl methyl sites for hydroxylation is 1. The molecule has 0 aliphatic rings. The monoisotopic (exact) mass is 359 g/mol. The van der Waals surface area contributed by atoms with Gasteiger partial charge >= 0.3 is 0 Å². The van der Waals surface area contributed by atoms with E-state index >= 15 is 0 Å². The van der Waals surface area contributed by atoms with Crippen LogP contribution < -0.4 is 24.4 Å². The number of ether oxygens (including phenoxy) is 3. The highest BCUT2D eigenvalue weighted by Crippen LogP contribution is 2.27. The van der Waals surface area contributed by atoms with E-state index in [1.165, 1.54) is 0 Å². The minimum atomic E-state index is -0.0631. The highest BCUT2D eigenvalue weighted by Gasteiger charge is 2.14. The van der Waals surface area contributed by atoms with Crippen molar-refractivity contribution in [2.75, 3.05) is 40.2 Å². The smallest absolute Gasteiger partial charge is 0.279 e. The molecule has 26 heavy (non-hydrogen) atoms. The van der Waals surface area contributed by atoms with Crippen LogP contribution in [0.5, 0.6) is 17.2 Å². The SMILES string of the molecule is COc1ccc(C)cc1NC(=O)C[NH+](C)Cc1ccc(OC)c(OC)c1. The Kier molecular flexibility index (Phi) is 6.86. The van der Waals surface area contributed by atoms with Crippen LogP contribution in [0.25, 0.3) is 0 Å². The van der Waals surface area contributed by atoms with Crippen molar-refractivity contribution in [3.05, 3.63) is 47.5 Å². The molecule has 1 unspecified atom stereocenters. The van der Waals surface area contributed by atoms with Gasteiger partial charge in [-0.2, -0.15) is 0 Å². The lowest BCUT2D eigenvalue weighted by Gasteiger charge is -2.16. The van der Waals surface area contributed by atoms with Gasteiger partial charge < -0.3 is 24.4 Å². The lowest BCUT2D eigenvalue weighted by molar-refractivity contribution is -0.885. The van der Waals surface area contributed by atoms with Gasteiger partial charge in [0.1, 0.15) is 12.3 Å². The third kappa shape index (κ3) is 5.13. The van der Waals surface area contributed by atoms with Crippen LogP contribution in [-0.2, 0) is 11.3 Å². The van der Waals surface area contributed by atoms with Gasteiger partial charge in [0.15, 0.2) is 18.0 Å². The number of benzene rings is 2. The van der Waals surface area contributed by atoms with E-state index in [9.17, 15) is 4.79 Å². The largest absolute Gasteiger partial charge is 0.495 e. The number of hydrogen-bond acceptors (Lipinski definition) is 4. The average Bonchev–Trinajstić information content (AvgIpc) is 2.61. The van der Waals surface area contributed by atoms with Gasteiger partial charge in [0.25, 0.3) is 5.91 Å². The zero-order valence-electron chi connectivity index (χ0n) is 16.0. The van der Waals surface area contributed by atoms with Crippen LogP contribution >= 0.6 is 0 Å². The topological polar surface area (TPSA) is 61.2 Å². The maximum absolute atomic E-state index is 12.4. The van der Waals surface area contributed by atoms with Crippen LogP contribution in [0.3, 0.4) is 0 Å².